The molecule has 0 bridgehead atoms. The molecular formula is C22H21Cl2NO5S. The van der Waals surface area contributed by atoms with E-state index >= 15 is 0 Å². The zero-order chi connectivity index (χ0) is 22.4. The van der Waals surface area contributed by atoms with Crippen LogP contribution < -0.4 is 5.32 Å². The van der Waals surface area contributed by atoms with Crippen LogP contribution in [0.25, 0.3) is 10.4 Å². The third-order valence-corrected chi connectivity index (χ3v) is 5.67. The minimum atomic E-state index is -1.12. The predicted molar refractivity (Wildman–Crippen MR) is 123 cm³/mol. The SMILES string of the molecule is CCCl.O=C(O)c1c(NC(=O)C2COC3=CCCC=C3O2)csc1-c1ccc(Cl)cc1. The molecule has 0 radical (unpaired) electrons. The van der Waals surface area contributed by atoms with Crippen LogP contribution in [0.4, 0.5) is 5.69 Å². The van der Waals surface area contributed by atoms with Gasteiger partial charge in [-0.15, -0.1) is 22.9 Å². The van der Waals surface area contributed by atoms with E-state index in [2.05, 4.69) is 5.32 Å². The van der Waals surface area contributed by atoms with Gasteiger partial charge in [0.1, 0.15) is 12.2 Å². The van der Waals surface area contributed by atoms with Crippen molar-refractivity contribution in [2.75, 3.05) is 17.8 Å². The number of carbonyl (C=O) groups is 2. The molecule has 31 heavy (non-hydrogen) atoms. The highest BCUT2D eigenvalue weighted by Gasteiger charge is 2.31. The lowest BCUT2D eigenvalue weighted by atomic mass is 10.1. The number of carboxylic acids is 1. The summed E-state index contributed by atoms with van der Waals surface area (Å²) < 4.78 is 11.3. The average Bonchev–Trinajstić information content (AvgIpc) is 3.18. The van der Waals surface area contributed by atoms with Crippen LogP contribution in [0.1, 0.15) is 30.1 Å². The van der Waals surface area contributed by atoms with Crippen LogP contribution in [-0.2, 0) is 14.3 Å². The van der Waals surface area contributed by atoms with Gasteiger partial charge < -0.3 is 19.9 Å². The fraction of sp³-hybridized carbons (Fsp3) is 0.273. The van der Waals surface area contributed by atoms with Crippen LogP contribution in [0, 0.1) is 0 Å². The molecule has 9 heteroatoms. The molecule has 0 spiro atoms. The molecule has 2 aliphatic rings. The third kappa shape index (κ3) is 5.61. The van der Waals surface area contributed by atoms with E-state index in [1.165, 1.54) is 11.3 Å². The van der Waals surface area contributed by atoms with Gasteiger partial charge >= 0.3 is 5.97 Å². The lowest BCUT2D eigenvalue weighted by Gasteiger charge is -2.29. The van der Waals surface area contributed by atoms with Gasteiger partial charge in [-0.2, -0.15) is 0 Å². The molecule has 1 aliphatic carbocycles. The van der Waals surface area contributed by atoms with Crippen LogP contribution in [0.3, 0.4) is 0 Å². The van der Waals surface area contributed by atoms with Gasteiger partial charge in [-0.3, -0.25) is 4.79 Å². The van der Waals surface area contributed by atoms with Crippen molar-refractivity contribution in [2.24, 2.45) is 0 Å². The maximum absolute atomic E-state index is 12.6. The Balaban J connectivity index is 0.000000858. The number of hydrogen-bond acceptors (Lipinski definition) is 5. The summed E-state index contributed by atoms with van der Waals surface area (Å²) in [6.45, 7) is 1.97. The van der Waals surface area contributed by atoms with Crippen LogP contribution in [0.15, 0.2) is 53.3 Å². The zero-order valence-electron chi connectivity index (χ0n) is 16.7. The van der Waals surface area contributed by atoms with Crippen molar-refractivity contribution in [1.29, 1.82) is 0 Å². The summed E-state index contributed by atoms with van der Waals surface area (Å²) in [7, 11) is 0. The molecule has 1 atom stereocenters. The van der Waals surface area contributed by atoms with Crippen molar-refractivity contribution in [3.8, 4) is 10.4 Å². The fourth-order valence-corrected chi connectivity index (χ4v) is 4.16. The number of carboxylic acid groups (broad SMARTS) is 1. The number of thiophene rings is 1. The summed E-state index contributed by atoms with van der Waals surface area (Å²) in [6.07, 6.45) is 4.68. The number of hydrogen-bond donors (Lipinski definition) is 2. The number of rotatable bonds is 4. The Hall–Kier alpha value is -2.48. The molecule has 1 amide bonds. The fourth-order valence-electron chi connectivity index (χ4n) is 3.04. The monoisotopic (exact) mass is 481 g/mol. The summed E-state index contributed by atoms with van der Waals surface area (Å²) in [5.74, 6) is 0.362. The van der Waals surface area contributed by atoms with Crippen LogP contribution in [0.5, 0.6) is 0 Å². The zero-order valence-corrected chi connectivity index (χ0v) is 19.0. The molecule has 1 saturated heterocycles. The van der Waals surface area contributed by atoms with Gasteiger partial charge in [0, 0.05) is 16.3 Å². The number of aromatic carboxylic acids is 1. The van der Waals surface area contributed by atoms with Crippen molar-refractivity contribution in [3.63, 3.8) is 0 Å². The minimum Gasteiger partial charge on any atom is -0.486 e. The molecule has 2 aromatic rings. The number of carbonyl (C=O) groups excluding carboxylic acids is 1. The summed E-state index contributed by atoms with van der Waals surface area (Å²) in [4.78, 5) is 25.0. The Kier molecular flexibility index (Phi) is 8.01. The first-order chi connectivity index (χ1) is 14.9. The van der Waals surface area contributed by atoms with E-state index < -0.39 is 18.0 Å². The highest BCUT2D eigenvalue weighted by molar-refractivity contribution is 7.14. The first-order valence-corrected chi connectivity index (χ1v) is 11.4. The maximum atomic E-state index is 12.6. The molecule has 2 N–H and O–H groups in total. The van der Waals surface area contributed by atoms with Crippen LogP contribution in [-0.4, -0.2) is 35.6 Å². The van der Waals surface area contributed by atoms with Gasteiger partial charge in [-0.05, 0) is 42.7 Å². The van der Waals surface area contributed by atoms with Gasteiger partial charge in [0.05, 0.1) is 10.6 Å². The minimum absolute atomic E-state index is 0.0369. The van der Waals surface area contributed by atoms with Gasteiger partial charge in [0.25, 0.3) is 5.91 Å². The number of amides is 1. The molecule has 1 aromatic carbocycles. The molecule has 1 fully saturated rings. The molecular weight excluding hydrogens is 461 g/mol. The van der Waals surface area contributed by atoms with E-state index in [0.29, 0.717) is 27.0 Å². The molecule has 1 aromatic heterocycles. The molecule has 164 valence electrons. The predicted octanol–water partition coefficient (Wildman–Crippen LogP) is 5.93. The lowest BCUT2D eigenvalue weighted by molar-refractivity contribution is -0.130. The highest BCUT2D eigenvalue weighted by atomic mass is 35.5. The van der Waals surface area contributed by atoms with Gasteiger partial charge in [-0.1, -0.05) is 30.7 Å². The normalized spacial score (nSPS) is 16.9. The van der Waals surface area contributed by atoms with Crippen molar-refractivity contribution in [3.05, 3.63) is 63.9 Å². The number of fused-ring (bicyclic) bond motifs is 1. The number of ether oxygens (including phenoxy) is 2. The number of benzene rings is 1. The third-order valence-electron chi connectivity index (χ3n) is 4.39. The average molecular weight is 482 g/mol. The molecule has 1 unspecified atom stereocenters. The largest absolute Gasteiger partial charge is 0.486 e. The number of halogens is 2. The lowest BCUT2D eigenvalue weighted by Crippen LogP contribution is -2.38. The van der Waals surface area contributed by atoms with E-state index in [0.717, 1.165) is 18.7 Å². The maximum Gasteiger partial charge on any atom is 0.339 e. The van der Waals surface area contributed by atoms with Crippen molar-refractivity contribution < 1.29 is 24.2 Å². The Morgan fingerprint density at radius 2 is 1.84 bits per heavy atom. The topological polar surface area (TPSA) is 84.9 Å². The summed E-state index contributed by atoms with van der Waals surface area (Å²) in [5.41, 5.74) is 0.983. The highest BCUT2D eigenvalue weighted by Crippen LogP contribution is 2.37. The molecule has 1 aliphatic heterocycles. The van der Waals surface area contributed by atoms with Gasteiger partial charge in [-0.25, -0.2) is 4.79 Å². The quantitative estimate of drug-likeness (QED) is 0.528. The first-order valence-electron chi connectivity index (χ1n) is 9.62. The number of alkyl halides is 1. The van der Waals surface area contributed by atoms with Crippen molar-refractivity contribution >= 4 is 52.1 Å². The number of nitrogens with one attached hydrogen (secondary N) is 1. The second kappa shape index (κ2) is 10.7. The Labute approximate surface area is 194 Å². The Morgan fingerprint density at radius 1 is 1.19 bits per heavy atom. The summed E-state index contributed by atoms with van der Waals surface area (Å²) in [6, 6.07) is 6.87. The number of anilines is 1. The van der Waals surface area contributed by atoms with E-state index in [1.54, 1.807) is 29.6 Å². The van der Waals surface area contributed by atoms with Crippen molar-refractivity contribution in [1.82, 2.24) is 0 Å². The van der Waals surface area contributed by atoms with E-state index in [9.17, 15) is 14.7 Å². The van der Waals surface area contributed by atoms with Crippen LogP contribution >= 0.6 is 34.5 Å². The van der Waals surface area contributed by atoms with Gasteiger partial charge in [0.15, 0.2) is 11.5 Å². The van der Waals surface area contributed by atoms with E-state index in [1.807, 2.05) is 19.1 Å². The number of allylic oxidation sites excluding steroid dienone is 2. The second-order valence-electron chi connectivity index (χ2n) is 6.55. The Morgan fingerprint density at radius 3 is 2.48 bits per heavy atom. The summed E-state index contributed by atoms with van der Waals surface area (Å²) in [5, 5.41) is 14.5. The standard InChI is InChI=1S/C20H16ClNO5S.C2H5Cl/c21-12-7-5-11(6-8-12)18-17(20(24)25)13(10-28-18)22-19(23)16-9-26-14-3-1-2-4-15(14)27-16;1-2-3/h3-8,10,16H,1-2,9H2,(H,22,23)(H,24,25);2H2,1H3. The molecule has 2 heterocycles. The Bertz CT molecular complexity index is 1010. The molecule has 0 saturated carbocycles. The summed E-state index contributed by atoms with van der Waals surface area (Å²) >= 11 is 12.1. The second-order valence-corrected chi connectivity index (χ2v) is 8.40. The molecule has 6 nitrogen and oxygen atoms in total. The molecule has 4 rings (SSSR count). The van der Waals surface area contributed by atoms with Crippen LogP contribution in [0.2, 0.25) is 5.02 Å². The van der Waals surface area contributed by atoms with Crippen molar-refractivity contribution in [2.45, 2.75) is 25.9 Å². The first kappa shape index (κ1) is 23.2. The van der Waals surface area contributed by atoms with E-state index in [4.69, 9.17) is 32.7 Å². The van der Waals surface area contributed by atoms with Gasteiger partial charge in [0.2, 0.25) is 6.10 Å². The smallest absolute Gasteiger partial charge is 0.339 e. The van der Waals surface area contributed by atoms with E-state index in [-0.39, 0.29) is 17.9 Å².